The Hall–Kier alpha value is -3.70. The van der Waals surface area contributed by atoms with Gasteiger partial charge in [0.25, 0.3) is 0 Å². The number of hydrogen-bond donors (Lipinski definition) is 0. The monoisotopic (exact) mass is 330 g/mol. The Bertz CT molecular complexity index is 1310. The second-order valence-electron chi connectivity index (χ2n) is 6.35. The molecule has 0 unspecified atom stereocenters. The van der Waals surface area contributed by atoms with Gasteiger partial charge in [0, 0.05) is 16.2 Å². The van der Waals surface area contributed by atoms with Crippen LogP contribution in [0.4, 0.5) is 5.69 Å². The normalized spacial score (nSPS) is 11.0. The van der Waals surface area contributed by atoms with Gasteiger partial charge < -0.3 is 0 Å². The lowest BCUT2D eigenvalue weighted by Gasteiger charge is -2.12. The van der Waals surface area contributed by atoms with E-state index in [2.05, 4.69) is 59.4 Å². The van der Waals surface area contributed by atoms with Crippen LogP contribution in [0.5, 0.6) is 0 Å². The molecule has 1 heterocycles. The second-order valence-corrected chi connectivity index (χ2v) is 6.35. The topological polar surface area (TPSA) is 17.2 Å². The Labute approximate surface area is 151 Å². The molecule has 2 nitrogen and oxygen atoms in total. The number of hydrogen-bond acceptors (Lipinski definition) is 1. The highest BCUT2D eigenvalue weighted by Gasteiger charge is 2.12. The number of nitrogens with zero attached hydrogens (tertiary/aromatic N) is 2. The highest BCUT2D eigenvalue weighted by atomic mass is 14.7. The third-order valence-electron chi connectivity index (χ3n) is 4.86. The van der Waals surface area contributed by atoms with Crippen LogP contribution in [0, 0.1) is 6.57 Å². The molecule has 0 aliphatic carbocycles. The molecule has 0 fully saturated rings. The zero-order valence-corrected chi connectivity index (χ0v) is 14.0. The molecule has 2 heteroatoms. The molecule has 0 saturated carbocycles. The average Bonchev–Trinajstić information content (AvgIpc) is 2.73. The molecule has 0 bridgehead atoms. The van der Waals surface area contributed by atoms with Crippen LogP contribution in [-0.4, -0.2) is 4.98 Å². The first-order chi connectivity index (χ1) is 12.8. The van der Waals surface area contributed by atoms with Gasteiger partial charge >= 0.3 is 0 Å². The Morgan fingerprint density at radius 3 is 2.19 bits per heavy atom. The van der Waals surface area contributed by atoms with Crippen molar-refractivity contribution < 1.29 is 0 Å². The standard InChI is InChI=1S/C24H14N2/c1-25-18-13-10-17(11-14-18)24-21-15-12-16-6-2-3-7-19(16)23(21)20-8-4-5-9-22(20)26-24/h2-15H. The number of benzene rings is 4. The zero-order chi connectivity index (χ0) is 17.5. The predicted molar refractivity (Wildman–Crippen MR) is 108 cm³/mol. The maximum atomic E-state index is 7.16. The molecule has 0 radical (unpaired) electrons. The first-order valence-corrected chi connectivity index (χ1v) is 8.53. The summed E-state index contributed by atoms with van der Waals surface area (Å²) in [6.07, 6.45) is 0. The molecule has 0 spiro atoms. The van der Waals surface area contributed by atoms with Crippen molar-refractivity contribution in [3.8, 4) is 11.3 Å². The van der Waals surface area contributed by atoms with Crippen molar-refractivity contribution in [3.05, 3.63) is 96.3 Å². The summed E-state index contributed by atoms with van der Waals surface area (Å²) in [5.74, 6) is 0. The molecule has 0 amide bonds. The highest BCUT2D eigenvalue weighted by molar-refractivity contribution is 6.22. The van der Waals surface area contributed by atoms with Crippen molar-refractivity contribution in [2.75, 3.05) is 0 Å². The van der Waals surface area contributed by atoms with Gasteiger partial charge in [-0.25, -0.2) is 9.83 Å². The van der Waals surface area contributed by atoms with E-state index in [1.807, 2.05) is 30.3 Å². The summed E-state index contributed by atoms with van der Waals surface area (Å²) in [5.41, 5.74) is 3.62. The maximum absolute atomic E-state index is 7.16. The summed E-state index contributed by atoms with van der Waals surface area (Å²) in [6.45, 7) is 7.16. The lowest BCUT2D eigenvalue weighted by Crippen LogP contribution is -1.90. The van der Waals surface area contributed by atoms with Gasteiger partial charge in [-0.2, -0.15) is 0 Å². The van der Waals surface area contributed by atoms with Crippen LogP contribution in [0.25, 0.3) is 48.6 Å². The fourth-order valence-electron chi connectivity index (χ4n) is 3.64. The van der Waals surface area contributed by atoms with Gasteiger partial charge in [-0.15, -0.1) is 0 Å². The maximum Gasteiger partial charge on any atom is 0.187 e. The van der Waals surface area contributed by atoms with Crippen LogP contribution in [-0.2, 0) is 0 Å². The van der Waals surface area contributed by atoms with E-state index in [1.165, 1.54) is 21.5 Å². The minimum atomic E-state index is 0.643. The summed E-state index contributed by atoms with van der Waals surface area (Å²) < 4.78 is 0. The van der Waals surface area contributed by atoms with Crippen LogP contribution < -0.4 is 0 Å². The molecule has 1 aromatic heterocycles. The molecule has 4 aromatic carbocycles. The van der Waals surface area contributed by atoms with Gasteiger partial charge in [0.1, 0.15) is 0 Å². The Morgan fingerprint density at radius 1 is 0.654 bits per heavy atom. The molecule has 5 aromatic rings. The lowest BCUT2D eigenvalue weighted by atomic mass is 9.95. The molecule has 0 aliphatic rings. The minimum Gasteiger partial charge on any atom is -0.247 e. The van der Waals surface area contributed by atoms with Gasteiger partial charge in [0.2, 0.25) is 0 Å². The number of fused-ring (bicyclic) bond motifs is 5. The van der Waals surface area contributed by atoms with E-state index in [0.29, 0.717) is 5.69 Å². The van der Waals surface area contributed by atoms with E-state index in [0.717, 1.165) is 22.2 Å². The third kappa shape index (κ3) is 2.15. The summed E-state index contributed by atoms with van der Waals surface area (Å²) in [6, 6.07) is 28.8. The first-order valence-electron chi connectivity index (χ1n) is 8.53. The third-order valence-corrected chi connectivity index (χ3v) is 4.86. The van der Waals surface area contributed by atoms with Crippen molar-refractivity contribution >= 4 is 38.1 Å². The molecule has 0 saturated heterocycles. The van der Waals surface area contributed by atoms with Crippen molar-refractivity contribution in [2.24, 2.45) is 0 Å². The SMILES string of the molecule is [C-]#[N+]c1ccc(-c2nc3ccccc3c3c2ccc2ccccc23)cc1. The highest BCUT2D eigenvalue weighted by Crippen LogP contribution is 2.37. The summed E-state index contributed by atoms with van der Waals surface area (Å²) >= 11 is 0. The van der Waals surface area contributed by atoms with E-state index in [4.69, 9.17) is 11.6 Å². The Balaban J connectivity index is 1.97. The quantitative estimate of drug-likeness (QED) is 0.245. The minimum absolute atomic E-state index is 0.643. The predicted octanol–water partition coefficient (Wildman–Crippen LogP) is 6.76. The van der Waals surface area contributed by atoms with Crippen molar-refractivity contribution in [2.45, 2.75) is 0 Å². The lowest BCUT2D eigenvalue weighted by molar-refractivity contribution is 1.43. The van der Waals surface area contributed by atoms with E-state index in [9.17, 15) is 0 Å². The van der Waals surface area contributed by atoms with E-state index in [1.54, 1.807) is 0 Å². The van der Waals surface area contributed by atoms with Crippen LogP contribution in [0.15, 0.2) is 84.9 Å². The smallest absolute Gasteiger partial charge is 0.187 e. The van der Waals surface area contributed by atoms with Gasteiger partial charge in [0.15, 0.2) is 5.69 Å². The van der Waals surface area contributed by atoms with Crippen LogP contribution >= 0.6 is 0 Å². The molecule has 5 rings (SSSR count). The van der Waals surface area contributed by atoms with Crippen molar-refractivity contribution in [3.63, 3.8) is 0 Å². The van der Waals surface area contributed by atoms with E-state index >= 15 is 0 Å². The Kier molecular flexibility index (Phi) is 3.20. The van der Waals surface area contributed by atoms with E-state index < -0.39 is 0 Å². The molecule has 0 atom stereocenters. The second kappa shape index (κ2) is 5.68. The largest absolute Gasteiger partial charge is 0.247 e. The van der Waals surface area contributed by atoms with Crippen molar-refractivity contribution in [1.82, 2.24) is 4.98 Å². The molecule has 26 heavy (non-hydrogen) atoms. The number of pyridine rings is 1. The Morgan fingerprint density at radius 2 is 1.38 bits per heavy atom. The number of rotatable bonds is 1. The van der Waals surface area contributed by atoms with Gasteiger partial charge in [0.05, 0.1) is 17.8 Å². The van der Waals surface area contributed by atoms with E-state index in [-0.39, 0.29) is 0 Å². The fraction of sp³-hybridized carbons (Fsp3) is 0. The molecule has 120 valence electrons. The van der Waals surface area contributed by atoms with Crippen LogP contribution in [0.2, 0.25) is 0 Å². The van der Waals surface area contributed by atoms with Gasteiger partial charge in [-0.05, 0) is 22.4 Å². The summed E-state index contributed by atoms with van der Waals surface area (Å²) in [4.78, 5) is 8.45. The first kappa shape index (κ1) is 14.6. The molecule has 0 aliphatic heterocycles. The number of para-hydroxylation sites is 1. The van der Waals surface area contributed by atoms with Crippen LogP contribution in [0.3, 0.4) is 0 Å². The molecular formula is C24H14N2. The molecule has 0 N–H and O–H groups in total. The van der Waals surface area contributed by atoms with Gasteiger partial charge in [-0.1, -0.05) is 78.9 Å². The average molecular weight is 330 g/mol. The van der Waals surface area contributed by atoms with Crippen LogP contribution in [0.1, 0.15) is 0 Å². The van der Waals surface area contributed by atoms with Gasteiger partial charge in [-0.3, -0.25) is 0 Å². The summed E-state index contributed by atoms with van der Waals surface area (Å²) in [7, 11) is 0. The fourth-order valence-corrected chi connectivity index (χ4v) is 3.64. The van der Waals surface area contributed by atoms with Crippen molar-refractivity contribution in [1.29, 1.82) is 0 Å². The zero-order valence-electron chi connectivity index (χ0n) is 14.0. The molecular weight excluding hydrogens is 316 g/mol. The number of aromatic nitrogens is 1. The summed E-state index contributed by atoms with van der Waals surface area (Å²) in [5, 5.41) is 6.00.